The number of ether oxygens (including phenoxy) is 1. The van der Waals surface area contributed by atoms with Gasteiger partial charge in [-0.15, -0.1) is 0 Å². The van der Waals surface area contributed by atoms with E-state index in [-0.39, 0.29) is 18.7 Å². The summed E-state index contributed by atoms with van der Waals surface area (Å²) >= 11 is 0. The number of hydrogen-bond donors (Lipinski definition) is 4. The predicted octanol–water partition coefficient (Wildman–Crippen LogP) is 3.87. The monoisotopic (exact) mass is 560 g/mol. The largest absolute Gasteiger partial charge is 0.462 e. The molecule has 1 aromatic heterocycles. The maximum absolute atomic E-state index is 12.3. The van der Waals surface area contributed by atoms with Crippen LogP contribution in [0.5, 0.6) is 0 Å². The minimum absolute atomic E-state index is 0.0973. The molecule has 2 heterocycles. The van der Waals surface area contributed by atoms with Gasteiger partial charge < -0.3 is 31.7 Å². The van der Waals surface area contributed by atoms with E-state index in [1.54, 1.807) is 12.5 Å². The molecule has 2 atom stereocenters. The van der Waals surface area contributed by atoms with Gasteiger partial charge in [-0.1, -0.05) is 57.7 Å². The van der Waals surface area contributed by atoms with Crippen LogP contribution in [-0.2, 0) is 16.1 Å². The molecule has 1 aromatic carbocycles. The molecule has 220 valence electrons. The maximum Gasteiger partial charge on any atom is 0.322 e. The van der Waals surface area contributed by atoms with Crippen molar-refractivity contribution >= 4 is 18.1 Å². The molecule has 3 rings (SSSR count). The molecule has 1 aliphatic heterocycles. The van der Waals surface area contributed by atoms with Crippen molar-refractivity contribution in [3.8, 4) is 11.3 Å². The molecule has 41 heavy (non-hydrogen) atoms. The van der Waals surface area contributed by atoms with E-state index in [9.17, 15) is 4.79 Å². The molecule has 0 saturated heterocycles. The molecule has 2 aromatic rings. The third-order valence-electron chi connectivity index (χ3n) is 6.54. The van der Waals surface area contributed by atoms with E-state index in [0.717, 1.165) is 16.8 Å². The third kappa shape index (κ3) is 9.18. The molecular weight excluding hydrogens is 516 g/mol. The first-order valence-corrected chi connectivity index (χ1v) is 14.1. The van der Waals surface area contributed by atoms with Gasteiger partial charge in [0.25, 0.3) is 0 Å². The van der Waals surface area contributed by atoms with Crippen LogP contribution >= 0.6 is 0 Å². The molecule has 10 heteroatoms. The summed E-state index contributed by atoms with van der Waals surface area (Å²) in [6, 6.07) is 13.3. The number of benzene rings is 1. The van der Waals surface area contributed by atoms with Gasteiger partial charge in [-0.05, 0) is 50.3 Å². The van der Waals surface area contributed by atoms with Gasteiger partial charge in [0.2, 0.25) is 0 Å². The van der Waals surface area contributed by atoms with Gasteiger partial charge in [-0.25, -0.2) is 9.98 Å². The second-order valence-electron chi connectivity index (χ2n) is 10.8. The van der Waals surface area contributed by atoms with Crippen molar-refractivity contribution < 1.29 is 9.53 Å². The van der Waals surface area contributed by atoms with Crippen LogP contribution in [0.4, 0.5) is 0 Å². The lowest BCUT2D eigenvalue weighted by atomic mass is 10.1. The Kier molecular flexibility index (Phi) is 11.5. The molecule has 0 saturated carbocycles. The van der Waals surface area contributed by atoms with E-state index in [0.29, 0.717) is 48.5 Å². The normalized spacial score (nSPS) is 16.7. The van der Waals surface area contributed by atoms with E-state index >= 15 is 0 Å². The SMILES string of the molecule is C=C(/N=C1\C(=C(/N)NCc2ccc(-c3ccccn3)cc2)N=CN1C(C)C)N[C@H](CC)COC(=O)C(N)CC(C)C. The highest BCUT2D eigenvalue weighted by atomic mass is 16.5. The number of nitrogens with one attached hydrogen (secondary N) is 2. The Labute approximate surface area is 243 Å². The standard InChI is InChI=1S/C31H44N8O2/c1-7-25(18-41-31(40)26(32)16-20(2)3)37-22(6)38-30-28(36-19-39(30)21(4)5)29(33)35-17-23-11-13-24(14-12-23)27-10-8-9-15-34-27/h8-15,19-21,25-26,35,37H,6-7,16-18,32-33H2,1-5H3/b29-28-,38-30+/t25-,26?/m1/s1. The van der Waals surface area contributed by atoms with Crippen LogP contribution in [0.3, 0.4) is 0 Å². The van der Waals surface area contributed by atoms with Crippen molar-refractivity contribution in [1.82, 2.24) is 20.5 Å². The lowest BCUT2D eigenvalue weighted by Gasteiger charge is -2.23. The van der Waals surface area contributed by atoms with E-state index in [1.165, 1.54) is 0 Å². The number of amidine groups is 1. The lowest BCUT2D eigenvalue weighted by Crippen LogP contribution is -2.39. The Balaban J connectivity index is 1.66. The van der Waals surface area contributed by atoms with Crippen molar-refractivity contribution in [2.24, 2.45) is 27.4 Å². The smallest absolute Gasteiger partial charge is 0.322 e. The number of aliphatic imine (C=N–C) groups is 2. The fraction of sp³-hybridized carbons (Fsp3) is 0.419. The zero-order valence-electron chi connectivity index (χ0n) is 24.8. The van der Waals surface area contributed by atoms with Crippen LogP contribution in [0.25, 0.3) is 11.3 Å². The third-order valence-corrected chi connectivity index (χ3v) is 6.54. The second-order valence-corrected chi connectivity index (χ2v) is 10.8. The number of hydrogen-bond acceptors (Lipinski definition) is 9. The molecule has 10 nitrogen and oxygen atoms in total. The molecule has 0 spiro atoms. The van der Waals surface area contributed by atoms with E-state index in [2.05, 4.69) is 27.2 Å². The minimum atomic E-state index is -0.631. The summed E-state index contributed by atoms with van der Waals surface area (Å²) in [5.74, 6) is 1.32. The van der Waals surface area contributed by atoms with Crippen LogP contribution in [0.15, 0.2) is 82.6 Å². The second kappa shape index (κ2) is 15.0. The van der Waals surface area contributed by atoms with Gasteiger partial charge in [0.05, 0.1) is 18.1 Å². The zero-order valence-corrected chi connectivity index (χ0v) is 24.8. The predicted molar refractivity (Wildman–Crippen MR) is 165 cm³/mol. The molecule has 1 unspecified atom stereocenters. The molecule has 0 fully saturated rings. The molecular formula is C31H44N8O2. The fourth-order valence-corrected chi connectivity index (χ4v) is 4.19. The first-order chi connectivity index (χ1) is 19.6. The van der Waals surface area contributed by atoms with Crippen molar-refractivity contribution in [1.29, 1.82) is 0 Å². The number of carbonyl (C=O) groups is 1. The van der Waals surface area contributed by atoms with Crippen molar-refractivity contribution in [2.75, 3.05) is 6.61 Å². The van der Waals surface area contributed by atoms with Gasteiger partial charge in [0.1, 0.15) is 30.0 Å². The van der Waals surface area contributed by atoms with Gasteiger partial charge in [-0.2, -0.15) is 0 Å². The van der Waals surface area contributed by atoms with Gasteiger partial charge in [0, 0.05) is 24.3 Å². The Bertz CT molecular complexity index is 1250. The summed E-state index contributed by atoms with van der Waals surface area (Å²) in [6.45, 7) is 14.9. The summed E-state index contributed by atoms with van der Waals surface area (Å²) in [5.41, 5.74) is 16.0. The average molecular weight is 561 g/mol. The molecule has 0 radical (unpaired) electrons. The van der Waals surface area contributed by atoms with Crippen LogP contribution in [0.2, 0.25) is 0 Å². The highest BCUT2D eigenvalue weighted by Crippen LogP contribution is 2.19. The Morgan fingerprint density at radius 2 is 1.88 bits per heavy atom. The van der Waals surface area contributed by atoms with Crippen LogP contribution < -0.4 is 22.1 Å². The Hall–Kier alpha value is -4.18. The minimum Gasteiger partial charge on any atom is -0.462 e. The average Bonchev–Trinajstić information content (AvgIpc) is 3.37. The number of nitrogens with two attached hydrogens (primary N) is 2. The summed E-state index contributed by atoms with van der Waals surface area (Å²) < 4.78 is 5.46. The van der Waals surface area contributed by atoms with Crippen molar-refractivity contribution in [3.63, 3.8) is 0 Å². The number of carbonyl (C=O) groups excluding carboxylic acids is 1. The van der Waals surface area contributed by atoms with Crippen LogP contribution in [0.1, 0.15) is 53.0 Å². The number of nitrogens with zero attached hydrogens (tertiary/aromatic N) is 4. The van der Waals surface area contributed by atoms with E-state index in [4.69, 9.17) is 21.2 Å². The molecule has 0 bridgehead atoms. The van der Waals surface area contributed by atoms with Crippen molar-refractivity contribution in [2.45, 2.75) is 72.1 Å². The summed E-state index contributed by atoms with van der Waals surface area (Å²) in [4.78, 5) is 27.9. The van der Waals surface area contributed by atoms with Crippen LogP contribution in [-0.4, -0.2) is 52.8 Å². The summed E-state index contributed by atoms with van der Waals surface area (Å²) in [6.07, 6.45) is 4.78. The van der Waals surface area contributed by atoms with E-state index < -0.39 is 12.0 Å². The Morgan fingerprint density at radius 1 is 1.15 bits per heavy atom. The number of esters is 1. The highest BCUT2D eigenvalue weighted by molar-refractivity contribution is 6.09. The van der Waals surface area contributed by atoms with Crippen molar-refractivity contribution in [3.05, 3.63) is 78.1 Å². The van der Waals surface area contributed by atoms with Gasteiger partial charge in [-0.3, -0.25) is 9.78 Å². The highest BCUT2D eigenvalue weighted by Gasteiger charge is 2.26. The summed E-state index contributed by atoms with van der Waals surface area (Å²) in [7, 11) is 0. The quantitative estimate of drug-likeness (QED) is 0.255. The maximum atomic E-state index is 12.3. The first kappa shape index (κ1) is 31.3. The Morgan fingerprint density at radius 3 is 2.49 bits per heavy atom. The topological polar surface area (TPSA) is 143 Å². The molecule has 0 aliphatic carbocycles. The zero-order chi connectivity index (χ0) is 29.9. The fourth-order valence-electron chi connectivity index (χ4n) is 4.19. The van der Waals surface area contributed by atoms with Gasteiger partial charge in [0.15, 0.2) is 5.84 Å². The number of aromatic nitrogens is 1. The molecule has 0 amide bonds. The molecule has 1 aliphatic rings. The number of rotatable bonds is 14. The first-order valence-electron chi connectivity index (χ1n) is 14.1. The molecule has 6 N–H and O–H groups in total. The number of pyridine rings is 1. The summed E-state index contributed by atoms with van der Waals surface area (Å²) in [5, 5.41) is 6.53. The van der Waals surface area contributed by atoms with Crippen LogP contribution in [0, 0.1) is 5.92 Å². The van der Waals surface area contributed by atoms with E-state index in [1.807, 2.05) is 82.0 Å². The van der Waals surface area contributed by atoms with Gasteiger partial charge >= 0.3 is 5.97 Å². The lowest BCUT2D eigenvalue weighted by molar-refractivity contribution is -0.146.